The first-order chi connectivity index (χ1) is 6.40. The summed E-state index contributed by atoms with van der Waals surface area (Å²) < 4.78 is 5.16. The molecule has 1 rings (SSSR count). The maximum atomic E-state index is 11.7. The molecule has 1 N–H and O–H groups in total. The summed E-state index contributed by atoms with van der Waals surface area (Å²) >= 11 is 1.28. The molecule has 1 aliphatic rings. The van der Waals surface area contributed by atoms with E-state index in [0.717, 1.165) is 5.75 Å². The van der Waals surface area contributed by atoms with Gasteiger partial charge in [0.2, 0.25) is 4.87 Å². The zero-order chi connectivity index (χ0) is 10.8. The molecule has 0 spiro atoms. The SMILES string of the molecule is CC(C)(C)OC(=O)C1(C=O)NCCS1. The Morgan fingerprint density at radius 2 is 2.21 bits per heavy atom. The highest BCUT2D eigenvalue weighted by molar-refractivity contribution is 8.02. The molecule has 0 aromatic rings. The molecule has 1 heterocycles. The molecule has 0 saturated carbocycles. The third-order valence-corrected chi connectivity index (χ3v) is 2.96. The Balaban J connectivity index is 2.71. The first-order valence-electron chi connectivity index (χ1n) is 4.48. The zero-order valence-corrected chi connectivity index (χ0v) is 9.44. The molecule has 80 valence electrons. The van der Waals surface area contributed by atoms with Crippen molar-refractivity contribution >= 4 is 24.0 Å². The minimum Gasteiger partial charge on any atom is -0.458 e. The number of aldehydes is 1. The van der Waals surface area contributed by atoms with Gasteiger partial charge in [-0.05, 0) is 20.8 Å². The standard InChI is InChI=1S/C9H15NO3S/c1-8(2,3)13-7(12)9(6-11)10-4-5-14-9/h6,10H,4-5H2,1-3H3. The number of hydrogen-bond acceptors (Lipinski definition) is 5. The molecular formula is C9H15NO3S. The molecule has 1 unspecified atom stereocenters. The fourth-order valence-corrected chi connectivity index (χ4v) is 2.07. The van der Waals surface area contributed by atoms with Crippen molar-refractivity contribution in [3.05, 3.63) is 0 Å². The molecule has 5 heteroatoms. The van der Waals surface area contributed by atoms with Gasteiger partial charge in [-0.15, -0.1) is 11.8 Å². The summed E-state index contributed by atoms with van der Waals surface area (Å²) in [5.41, 5.74) is -0.558. The second-order valence-corrected chi connectivity index (χ2v) is 5.47. The van der Waals surface area contributed by atoms with Crippen molar-refractivity contribution in [1.82, 2.24) is 5.32 Å². The third-order valence-electron chi connectivity index (χ3n) is 1.69. The predicted molar refractivity (Wildman–Crippen MR) is 55.1 cm³/mol. The molecule has 0 amide bonds. The molecule has 0 aliphatic carbocycles. The van der Waals surface area contributed by atoms with Crippen LogP contribution >= 0.6 is 11.8 Å². The van der Waals surface area contributed by atoms with Crippen molar-refractivity contribution in [2.24, 2.45) is 0 Å². The molecule has 1 fully saturated rings. The van der Waals surface area contributed by atoms with Gasteiger partial charge in [-0.3, -0.25) is 10.1 Å². The van der Waals surface area contributed by atoms with E-state index in [4.69, 9.17) is 4.74 Å². The maximum Gasteiger partial charge on any atom is 0.345 e. The van der Waals surface area contributed by atoms with Crippen LogP contribution in [-0.4, -0.2) is 35.0 Å². The van der Waals surface area contributed by atoms with Crippen LogP contribution in [0.3, 0.4) is 0 Å². The van der Waals surface area contributed by atoms with Crippen molar-refractivity contribution in [2.75, 3.05) is 12.3 Å². The summed E-state index contributed by atoms with van der Waals surface area (Å²) in [6, 6.07) is 0. The Labute approximate surface area is 87.8 Å². The predicted octanol–water partition coefficient (Wildman–Crippen LogP) is 0.560. The smallest absolute Gasteiger partial charge is 0.345 e. The Kier molecular flexibility index (Phi) is 3.21. The number of thioether (sulfide) groups is 1. The van der Waals surface area contributed by atoms with Gasteiger partial charge in [0.15, 0.2) is 6.29 Å². The van der Waals surface area contributed by atoms with E-state index in [1.165, 1.54) is 11.8 Å². The summed E-state index contributed by atoms with van der Waals surface area (Å²) in [5, 5.41) is 2.86. The van der Waals surface area contributed by atoms with Crippen molar-refractivity contribution < 1.29 is 14.3 Å². The molecule has 1 aliphatic heterocycles. The minimum atomic E-state index is -1.17. The van der Waals surface area contributed by atoms with Crippen LogP contribution in [-0.2, 0) is 14.3 Å². The topological polar surface area (TPSA) is 55.4 Å². The van der Waals surface area contributed by atoms with Gasteiger partial charge in [0, 0.05) is 12.3 Å². The highest BCUT2D eigenvalue weighted by Crippen LogP contribution is 2.28. The quantitative estimate of drug-likeness (QED) is 0.416. The third kappa shape index (κ3) is 2.48. The van der Waals surface area contributed by atoms with Crippen molar-refractivity contribution in [2.45, 2.75) is 31.2 Å². The van der Waals surface area contributed by atoms with Gasteiger partial charge in [-0.1, -0.05) is 0 Å². The van der Waals surface area contributed by atoms with Gasteiger partial charge in [0.05, 0.1) is 0 Å². The van der Waals surface area contributed by atoms with E-state index in [1.807, 2.05) is 0 Å². The molecule has 4 nitrogen and oxygen atoms in total. The molecule has 0 aromatic heterocycles. The lowest BCUT2D eigenvalue weighted by molar-refractivity contribution is -0.159. The number of esters is 1. The first-order valence-corrected chi connectivity index (χ1v) is 5.47. The second kappa shape index (κ2) is 3.90. The molecular weight excluding hydrogens is 202 g/mol. The van der Waals surface area contributed by atoms with Crippen LogP contribution in [0, 0.1) is 0 Å². The van der Waals surface area contributed by atoms with Crippen molar-refractivity contribution in [3.63, 3.8) is 0 Å². The Morgan fingerprint density at radius 1 is 1.57 bits per heavy atom. The average Bonchev–Trinajstić information content (AvgIpc) is 2.49. The van der Waals surface area contributed by atoms with Crippen LogP contribution in [0.1, 0.15) is 20.8 Å². The molecule has 0 bridgehead atoms. The van der Waals surface area contributed by atoms with E-state index >= 15 is 0 Å². The van der Waals surface area contributed by atoms with E-state index < -0.39 is 16.4 Å². The second-order valence-electron chi connectivity index (χ2n) is 4.13. The zero-order valence-electron chi connectivity index (χ0n) is 8.62. The summed E-state index contributed by atoms with van der Waals surface area (Å²) in [4.78, 5) is 21.4. The Bertz CT molecular complexity index is 241. The largest absolute Gasteiger partial charge is 0.458 e. The van der Waals surface area contributed by atoms with Gasteiger partial charge in [-0.25, -0.2) is 4.79 Å². The van der Waals surface area contributed by atoms with E-state index in [0.29, 0.717) is 12.8 Å². The van der Waals surface area contributed by atoms with E-state index in [-0.39, 0.29) is 0 Å². The van der Waals surface area contributed by atoms with E-state index in [2.05, 4.69) is 5.32 Å². The Morgan fingerprint density at radius 3 is 2.57 bits per heavy atom. The summed E-state index contributed by atoms with van der Waals surface area (Å²) in [5.74, 6) is 0.250. The van der Waals surface area contributed by atoms with Gasteiger partial charge in [0.1, 0.15) is 5.60 Å². The molecule has 14 heavy (non-hydrogen) atoms. The highest BCUT2D eigenvalue weighted by Gasteiger charge is 2.44. The molecule has 0 aromatic carbocycles. The van der Waals surface area contributed by atoms with Crippen molar-refractivity contribution in [3.8, 4) is 0 Å². The molecule has 1 atom stereocenters. The lowest BCUT2D eigenvalue weighted by atomic mass is 10.2. The number of carbonyl (C=O) groups excluding carboxylic acids is 2. The van der Waals surface area contributed by atoms with E-state index in [9.17, 15) is 9.59 Å². The van der Waals surface area contributed by atoms with Crippen LogP contribution in [0.15, 0.2) is 0 Å². The van der Waals surface area contributed by atoms with Crippen LogP contribution in [0.25, 0.3) is 0 Å². The van der Waals surface area contributed by atoms with E-state index in [1.54, 1.807) is 20.8 Å². The minimum absolute atomic E-state index is 0.498. The maximum absolute atomic E-state index is 11.7. The lowest BCUT2D eigenvalue weighted by Gasteiger charge is -2.26. The monoisotopic (exact) mass is 217 g/mol. The van der Waals surface area contributed by atoms with Gasteiger partial charge in [0.25, 0.3) is 0 Å². The molecule has 1 saturated heterocycles. The number of carbonyl (C=O) groups is 2. The highest BCUT2D eigenvalue weighted by atomic mass is 32.2. The van der Waals surface area contributed by atoms with Gasteiger partial charge < -0.3 is 4.74 Å². The summed E-state index contributed by atoms with van der Waals surface area (Å²) in [6.07, 6.45) is 0.624. The number of rotatable bonds is 2. The van der Waals surface area contributed by atoms with Crippen LogP contribution in [0.2, 0.25) is 0 Å². The van der Waals surface area contributed by atoms with Gasteiger partial charge in [-0.2, -0.15) is 0 Å². The normalized spacial score (nSPS) is 27.4. The fourth-order valence-electron chi connectivity index (χ4n) is 1.11. The van der Waals surface area contributed by atoms with Gasteiger partial charge >= 0.3 is 5.97 Å². The molecule has 0 radical (unpaired) electrons. The number of nitrogens with one attached hydrogen (secondary N) is 1. The first kappa shape index (κ1) is 11.5. The summed E-state index contributed by atoms with van der Waals surface area (Å²) in [7, 11) is 0. The van der Waals surface area contributed by atoms with Crippen molar-refractivity contribution in [1.29, 1.82) is 0 Å². The van der Waals surface area contributed by atoms with Crippen LogP contribution < -0.4 is 5.32 Å². The van der Waals surface area contributed by atoms with Crippen LogP contribution in [0.4, 0.5) is 0 Å². The number of hydrogen-bond donors (Lipinski definition) is 1. The lowest BCUT2D eigenvalue weighted by Crippen LogP contribution is -2.49. The Hall–Kier alpha value is -0.550. The van der Waals surface area contributed by atoms with Crippen LogP contribution in [0.5, 0.6) is 0 Å². The average molecular weight is 217 g/mol. The number of ether oxygens (including phenoxy) is 1. The summed E-state index contributed by atoms with van der Waals surface area (Å²) in [6.45, 7) is 6.00. The fraction of sp³-hybridized carbons (Fsp3) is 0.778.